The van der Waals surface area contributed by atoms with Gasteiger partial charge < -0.3 is 11.1 Å². The molecule has 0 aliphatic carbocycles. The lowest BCUT2D eigenvalue weighted by molar-refractivity contribution is 0.102. The van der Waals surface area contributed by atoms with Crippen LogP contribution in [0.3, 0.4) is 0 Å². The van der Waals surface area contributed by atoms with Gasteiger partial charge in [0.2, 0.25) is 0 Å². The maximum absolute atomic E-state index is 13.8. The Balaban J connectivity index is 2.16. The van der Waals surface area contributed by atoms with E-state index in [9.17, 15) is 9.18 Å². The van der Waals surface area contributed by atoms with Crippen LogP contribution in [-0.4, -0.2) is 17.4 Å². The molecular formula is C15H11ClFN3O. The minimum atomic E-state index is -0.576. The molecule has 0 atom stereocenters. The van der Waals surface area contributed by atoms with Crippen LogP contribution in [0.15, 0.2) is 36.5 Å². The summed E-state index contributed by atoms with van der Waals surface area (Å²) in [7, 11) is 0. The first-order chi connectivity index (χ1) is 10.1. The first-order valence-electron chi connectivity index (χ1n) is 6.01. The van der Waals surface area contributed by atoms with E-state index in [1.807, 2.05) is 0 Å². The SMILES string of the molecule is NCC#Cc1ccc(C(=O)Nc2ccc(Cl)cn2)cc1F. The van der Waals surface area contributed by atoms with Crippen molar-refractivity contribution < 1.29 is 9.18 Å². The van der Waals surface area contributed by atoms with Gasteiger partial charge in [0.15, 0.2) is 0 Å². The normalized spacial score (nSPS) is 9.67. The Bertz CT molecular complexity index is 720. The Hall–Kier alpha value is -2.42. The van der Waals surface area contributed by atoms with Gasteiger partial charge in [0, 0.05) is 11.8 Å². The number of amides is 1. The second-order valence-electron chi connectivity index (χ2n) is 4.02. The zero-order chi connectivity index (χ0) is 15.2. The topological polar surface area (TPSA) is 68.0 Å². The van der Waals surface area contributed by atoms with E-state index < -0.39 is 11.7 Å². The van der Waals surface area contributed by atoms with Crippen LogP contribution in [0.1, 0.15) is 15.9 Å². The summed E-state index contributed by atoms with van der Waals surface area (Å²) >= 11 is 5.70. The quantitative estimate of drug-likeness (QED) is 0.837. The monoisotopic (exact) mass is 303 g/mol. The zero-order valence-corrected chi connectivity index (χ0v) is 11.6. The molecule has 21 heavy (non-hydrogen) atoms. The van der Waals surface area contributed by atoms with E-state index in [0.29, 0.717) is 10.8 Å². The predicted octanol–water partition coefficient (Wildman–Crippen LogP) is 2.44. The van der Waals surface area contributed by atoms with Crippen LogP contribution in [0.2, 0.25) is 5.02 Å². The highest BCUT2D eigenvalue weighted by Gasteiger charge is 2.09. The number of aromatic nitrogens is 1. The molecule has 0 bridgehead atoms. The summed E-state index contributed by atoms with van der Waals surface area (Å²) in [5, 5.41) is 3.00. The standard InChI is InChI=1S/C15H11ClFN3O/c16-12-5-6-14(19-9-12)20-15(21)11-4-3-10(2-1-7-18)13(17)8-11/h3-6,8-9H,7,18H2,(H,19,20,21). The largest absolute Gasteiger partial charge is 0.320 e. The van der Waals surface area contributed by atoms with Crippen LogP contribution in [-0.2, 0) is 0 Å². The van der Waals surface area contributed by atoms with Gasteiger partial charge in [-0.2, -0.15) is 0 Å². The van der Waals surface area contributed by atoms with Gasteiger partial charge in [0.05, 0.1) is 17.1 Å². The number of nitrogens with zero attached hydrogens (tertiary/aromatic N) is 1. The van der Waals surface area contributed by atoms with Gasteiger partial charge in [-0.25, -0.2) is 9.37 Å². The third kappa shape index (κ3) is 4.02. The molecular weight excluding hydrogens is 293 g/mol. The minimum absolute atomic E-state index is 0.143. The van der Waals surface area contributed by atoms with Gasteiger partial charge in [-0.1, -0.05) is 23.4 Å². The average Bonchev–Trinajstić information content (AvgIpc) is 2.48. The van der Waals surface area contributed by atoms with Crippen molar-refractivity contribution in [2.45, 2.75) is 0 Å². The molecule has 0 aliphatic rings. The van der Waals surface area contributed by atoms with E-state index >= 15 is 0 Å². The highest BCUT2D eigenvalue weighted by atomic mass is 35.5. The number of halogens is 2. The lowest BCUT2D eigenvalue weighted by Gasteiger charge is -2.05. The van der Waals surface area contributed by atoms with E-state index in [4.69, 9.17) is 17.3 Å². The van der Waals surface area contributed by atoms with Gasteiger partial charge in [0.25, 0.3) is 5.91 Å². The fraction of sp³-hybridized carbons (Fsp3) is 0.0667. The minimum Gasteiger partial charge on any atom is -0.320 e. The summed E-state index contributed by atoms with van der Waals surface area (Å²) in [4.78, 5) is 15.9. The second kappa shape index (κ2) is 6.84. The molecule has 2 aromatic rings. The number of anilines is 1. The van der Waals surface area contributed by atoms with Gasteiger partial charge in [-0.05, 0) is 30.3 Å². The van der Waals surface area contributed by atoms with Gasteiger partial charge >= 0.3 is 0 Å². The molecule has 1 aromatic carbocycles. The molecule has 0 saturated heterocycles. The smallest absolute Gasteiger partial charge is 0.256 e. The molecule has 1 heterocycles. The lowest BCUT2D eigenvalue weighted by atomic mass is 10.1. The molecule has 0 unspecified atom stereocenters. The summed E-state index contributed by atoms with van der Waals surface area (Å²) in [5.41, 5.74) is 5.59. The highest BCUT2D eigenvalue weighted by Crippen LogP contribution is 2.13. The predicted molar refractivity (Wildman–Crippen MR) is 79.5 cm³/mol. The number of pyridine rings is 1. The number of rotatable bonds is 2. The van der Waals surface area contributed by atoms with Crippen molar-refractivity contribution in [1.29, 1.82) is 0 Å². The molecule has 6 heteroatoms. The average molecular weight is 304 g/mol. The molecule has 2 rings (SSSR count). The molecule has 1 amide bonds. The van der Waals surface area contributed by atoms with Crippen molar-refractivity contribution in [1.82, 2.24) is 4.98 Å². The number of hydrogen-bond donors (Lipinski definition) is 2. The summed E-state index contributed by atoms with van der Waals surface area (Å²) in [6, 6.07) is 7.18. The van der Waals surface area contributed by atoms with Gasteiger partial charge in [-0.15, -0.1) is 0 Å². The van der Waals surface area contributed by atoms with E-state index in [1.165, 1.54) is 18.3 Å². The summed E-state index contributed by atoms with van der Waals surface area (Å²) in [6.07, 6.45) is 1.41. The molecule has 0 radical (unpaired) electrons. The number of nitrogens with two attached hydrogens (primary N) is 1. The van der Waals surface area contributed by atoms with Crippen molar-refractivity contribution in [3.05, 3.63) is 58.5 Å². The Morgan fingerprint density at radius 1 is 1.38 bits per heavy atom. The Morgan fingerprint density at radius 2 is 2.19 bits per heavy atom. The molecule has 1 aromatic heterocycles. The Kier molecular flexibility index (Phi) is 4.88. The Labute approximate surface area is 126 Å². The maximum atomic E-state index is 13.8. The third-order valence-corrected chi connectivity index (χ3v) is 2.75. The van der Waals surface area contributed by atoms with Crippen LogP contribution in [0.5, 0.6) is 0 Å². The summed E-state index contributed by atoms with van der Waals surface area (Å²) in [6.45, 7) is 0.143. The molecule has 4 nitrogen and oxygen atoms in total. The van der Waals surface area contributed by atoms with E-state index in [2.05, 4.69) is 22.1 Å². The van der Waals surface area contributed by atoms with Crippen molar-refractivity contribution in [3.63, 3.8) is 0 Å². The fourth-order valence-electron chi connectivity index (χ4n) is 1.54. The molecule has 0 saturated carbocycles. The van der Waals surface area contributed by atoms with Crippen LogP contribution in [0, 0.1) is 17.7 Å². The lowest BCUT2D eigenvalue weighted by Crippen LogP contribution is -2.13. The first kappa shape index (κ1) is 15.0. The fourth-order valence-corrected chi connectivity index (χ4v) is 1.65. The van der Waals surface area contributed by atoms with E-state index in [-0.39, 0.29) is 17.7 Å². The summed E-state index contributed by atoms with van der Waals surface area (Å²) < 4.78 is 13.8. The molecule has 0 spiro atoms. The number of carbonyl (C=O) groups excluding carboxylic acids is 1. The number of benzene rings is 1. The van der Waals surface area contributed by atoms with Crippen molar-refractivity contribution in [2.24, 2.45) is 5.73 Å². The van der Waals surface area contributed by atoms with Crippen molar-refractivity contribution in [2.75, 3.05) is 11.9 Å². The van der Waals surface area contributed by atoms with E-state index in [0.717, 1.165) is 6.07 Å². The Morgan fingerprint density at radius 3 is 2.81 bits per heavy atom. The number of carbonyl (C=O) groups is 1. The van der Waals surface area contributed by atoms with Gasteiger partial charge in [-0.3, -0.25) is 4.79 Å². The highest BCUT2D eigenvalue weighted by molar-refractivity contribution is 6.30. The maximum Gasteiger partial charge on any atom is 0.256 e. The van der Waals surface area contributed by atoms with Gasteiger partial charge in [0.1, 0.15) is 11.6 Å². The first-order valence-corrected chi connectivity index (χ1v) is 6.39. The zero-order valence-electron chi connectivity index (χ0n) is 10.9. The van der Waals surface area contributed by atoms with Crippen molar-refractivity contribution in [3.8, 4) is 11.8 Å². The molecule has 3 N–H and O–H groups in total. The van der Waals surface area contributed by atoms with Crippen molar-refractivity contribution >= 4 is 23.3 Å². The second-order valence-corrected chi connectivity index (χ2v) is 4.45. The van der Waals surface area contributed by atoms with E-state index in [1.54, 1.807) is 12.1 Å². The van der Waals surface area contributed by atoms with Crippen LogP contribution in [0.25, 0.3) is 0 Å². The van der Waals surface area contributed by atoms with Crippen LogP contribution >= 0.6 is 11.6 Å². The molecule has 0 fully saturated rings. The number of nitrogens with one attached hydrogen (secondary N) is 1. The molecule has 106 valence electrons. The van der Waals surface area contributed by atoms with Crippen LogP contribution in [0.4, 0.5) is 10.2 Å². The summed E-state index contributed by atoms with van der Waals surface area (Å²) in [5.74, 6) is 4.42. The third-order valence-electron chi connectivity index (χ3n) is 2.53. The van der Waals surface area contributed by atoms with Crippen LogP contribution < -0.4 is 11.1 Å². The number of hydrogen-bond acceptors (Lipinski definition) is 3. The molecule has 0 aliphatic heterocycles.